The van der Waals surface area contributed by atoms with Gasteiger partial charge in [0.2, 0.25) is 0 Å². The maximum absolute atomic E-state index is 12.2. The summed E-state index contributed by atoms with van der Waals surface area (Å²) >= 11 is 0. The molecule has 0 radical (unpaired) electrons. The van der Waals surface area contributed by atoms with Crippen molar-refractivity contribution in [2.45, 2.75) is 31.7 Å². The molecule has 23 heavy (non-hydrogen) atoms. The highest BCUT2D eigenvalue weighted by molar-refractivity contribution is 5.90. The predicted octanol–water partition coefficient (Wildman–Crippen LogP) is 2.28. The molecule has 6 nitrogen and oxygen atoms in total. The number of hydrogen-bond acceptors (Lipinski definition) is 4. The minimum atomic E-state index is -0.476. The lowest BCUT2D eigenvalue weighted by Gasteiger charge is -2.37. The van der Waals surface area contributed by atoms with Gasteiger partial charge in [-0.25, -0.2) is 14.8 Å². The van der Waals surface area contributed by atoms with Crippen LogP contribution in [0.2, 0.25) is 0 Å². The summed E-state index contributed by atoms with van der Waals surface area (Å²) in [4.78, 5) is 24.1. The van der Waals surface area contributed by atoms with E-state index >= 15 is 0 Å². The summed E-state index contributed by atoms with van der Waals surface area (Å²) in [6, 6.07) is 1.59. The van der Waals surface area contributed by atoms with E-state index in [9.17, 15) is 4.79 Å². The molecule has 2 N–H and O–H groups in total. The van der Waals surface area contributed by atoms with Gasteiger partial charge in [0, 0.05) is 18.6 Å². The number of aryl methyl sites for hydroxylation is 1. The molecule has 1 aliphatic carbocycles. The Hall–Kier alpha value is -2.94. The Morgan fingerprint density at radius 3 is 2.65 bits per heavy atom. The van der Waals surface area contributed by atoms with E-state index in [0.717, 1.165) is 30.4 Å². The van der Waals surface area contributed by atoms with Gasteiger partial charge in [0.15, 0.2) is 0 Å². The smallest absolute Gasteiger partial charge is 0.320 e. The molecule has 0 aromatic carbocycles. The minimum absolute atomic E-state index is 0.264. The molecule has 1 aliphatic rings. The van der Waals surface area contributed by atoms with Crippen LogP contribution in [0.5, 0.6) is 0 Å². The van der Waals surface area contributed by atoms with Crippen LogP contribution in [-0.2, 0) is 0 Å². The van der Waals surface area contributed by atoms with Crippen molar-refractivity contribution in [1.29, 1.82) is 0 Å². The van der Waals surface area contributed by atoms with Gasteiger partial charge >= 0.3 is 6.03 Å². The average Bonchev–Trinajstić information content (AvgIpc) is 2.53. The zero-order valence-corrected chi connectivity index (χ0v) is 12.8. The summed E-state index contributed by atoms with van der Waals surface area (Å²) in [5.74, 6) is 6.20. The Bertz CT molecular complexity index is 759. The Kier molecular flexibility index (Phi) is 4.20. The van der Waals surface area contributed by atoms with E-state index in [-0.39, 0.29) is 6.03 Å². The molecule has 0 spiro atoms. The van der Waals surface area contributed by atoms with Crippen molar-refractivity contribution in [2.75, 3.05) is 5.32 Å². The first-order valence-corrected chi connectivity index (χ1v) is 7.45. The minimum Gasteiger partial charge on any atom is -0.322 e. The van der Waals surface area contributed by atoms with E-state index in [1.807, 2.05) is 13.0 Å². The van der Waals surface area contributed by atoms with Crippen LogP contribution in [0.15, 0.2) is 37.2 Å². The number of nitrogens with one attached hydrogen (secondary N) is 2. The van der Waals surface area contributed by atoms with Gasteiger partial charge in [0.25, 0.3) is 0 Å². The van der Waals surface area contributed by atoms with Crippen molar-refractivity contribution in [3.8, 4) is 11.8 Å². The number of rotatable bonds is 2. The number of carbonyl (C=O) groups excluding carboxylic acids is 1. The number of aromatic nitrogens is 3. The number of amides is 2. The summed E-state index contributed by atoms with van der Waals surface area (Å²) in [6.07, 6.45) is 10.8. The number of pyridine rings is 1. The van der Waals surface area contributed by atoms with Crippen molar-refractivity contribution in [2.24, 2.45) is 0 Å². The molecular weight excluding hydrogens is 290 g/mol. The van der Waals surface area contributed by atoms with Gasteiger partial charge in [-0.15, -0.1) is 0 Å². The fourth-order valence-corrected chi connectivity index (χ4v) is 2.33. The largest absolute Gasteiger partial charge is 0.322 e. The molecular formula is C17H17N5O. The first-order chi connectivity index (χ1) is 11.2. The second-order valence-corrected chi connectivity index (χ2v) is 5.58. The van der Waals surface area contributed by atoms with Crippen LogP contribution in [0.3, 0.4) is 0 Å². The summed E-state index contributed by atoms with van der Waals surface area (Å²) in [6.45, 7) is 1.92. The maximum atomic E-state index is 12.2. The summed E-state index contributed by atoms with van der Waals surface area (Å²) < 4.78 is 0. The highest BCUT2D eigenvalue weighted by atomic mass is 16.2. The van der Waals surface area contributed by atoms with E-state index in [1.165, 1.54) is 6.33 Å². The SMILES string of the molecule is Cc1ccncc1NC(=O)NC1(C#Cc2cncnc2)CCC1. The van der Waals surface area contributed by atoms with Crippen molar-refractivity contribution in [3.05, 3.63) is 48.3 Å². The van der Waals surface area contributed by atoms with Crippen LogP contribution < -0.4 is 10.6 Å². The normalized spacial score (nSPS) is 14.8. The van der Waals surface area contributed by atoms with Crippen molar-refractivity contribution >= 4 is 11.7 Å². The molecule has 0 atom stereocenters. The lowest BCUT2D eigenvalue weighted by atomic mass is 9.77. The molecule has 0 saturated heterocycles. The quantitative estimate of drug-likeness (QED) is 0.834. The first-order valence-electron chi connectivity index (χ1n) is 7.45. The van der Waals surface area contributed by atoms with Gasteiger partial charge < -0.3 is 10.6 Å². The van der Waals surface area contributed by atoms with Crippen LogP contribution >= 0.6 is 0 Å². The van der Waals surface area contributed by atoms with Crippen LogP contribution in [-0.4, -0.2) is 26.5 Å². The Labute approximate surface area is 134 Å². The monoisotopic (exact) mass is 307 g/mol. The van der Waals surface area contributed by atoms with Crippen molar-refractivity contribution in [3.63, 3.8) is 0 Å². The Morgan fingerprint density at radius 1 is 1.22 bits per heavy atom. The van der Waals surface area contributed by atoms with Gasteiger partial charge in [-0.05, 0) is 37.8 Å². The predicted molar refractivity (Wildman–Crippen MR) is 86.6 cm³/mol. The van der Waals surface area contributed by atoms with Crippen molar-refractivity contribution < 1.29 is 4.79 Å². The second-order valence-electron chi connectivity index (χ2n) is 5.58. The third kappa shape index (κ3) is 3.64. The summed E-state index contributed by atoms with van der Waals surface area (Å²) in [5, 5.41) is 5.81. The van der Waals surface area contributed by atoms with Crippen LogP contribution in [0.25, 0.3) is 0 Å². The fraction of sp³-hybridized carbons (Fsp3) is 0.294. The molecule has 2 aromatic heterocycles. The lowest BCUT2D eigenvalue weighted by molar-refractivity contribution is 0.222. The van der Waals surface area contributed by atoms with Gasteiger partial charge in [0.1, 0.15) is 11.9 Å². The van der Waals surface area contributed by atoms with Gasteiger partial charge in [-0.2, -0.15) is 0 Å². The standard InChI is InChI=1S/C17H17N5O/c1-13-4-8-18-11-15(13)21-16(23)22-17(5-2-6-17)7-3-14-9-19-12-20-10-14/h4,8-12H,2,5-6H2,1H3,(H2,21,22,23). The van der Waals surface area contributed by atoms with E-state index in [2.05, 4.69) is 37.4 Å². The molecule has 0 unspecified atom stereocenters. The summed E-state index contributed by atoms with van der Waals surface area (Å²) in [7, 11) is 0. The average molecular weight is 307 g/mol. The number of hydrogen-bond donors (Lipinski definition) is 2. The van der Waals surface area contributed by atoms with E-state index in [4.69, 9.17) is 0 Å². The van der Waals surface area contributed by atoms with Crippen LogP contribution in [0.4, 0.5) is 10.5 Å². The molecule has 3 rings (SSSR count). The molecule has 1 fully saturated rings. The van der Waals surface area contributed by atoms with Crippen molar-refractivity contribution in [1.82, 2.24) is 20.3 Å². The molecule has 116 valence electrons. The van der Waals surface area contributed by atoms with Gasteiger partial charge in [-0.1, -0.05) is 11.8 Å². The molecule has 2 aromatic rings. The first kappa shape index (κ1) is 15.0. The Morgan fingerprint density at radius 2 is 2.00 bits per heavy atom. The molecule has 6 heteroatoms. The Balaban J connectivity index is 1.69. The van der Waals surface area contributed by atoms with Crippen LogP contribution in [0.1, 0.15) is 30.4 Å². The number of nitrogens with zero attached hydrogens (tertiary/aromatic N) is 3. The topological polar surface area (TPSA) is 79.8 Å². The lowest BCUT2D eigenvalue weighted by Crippen LogP contribution is -2.53. The van der Waals surface area contributed by atoms with E-state index in [1.54, 1.807) is 24.8 Å². The highest BCUT2D eigenvalue weighted by Gasteiger charge is 2.36. The fourth-order valence-electron chi connectivity index (χ4n) is 2.33. The second kappa shape index (κ2) is 6.44. The molecule has 2 heterocycles. The summed E-state index contributed by atoms with van der Waals surface area (Å²) in [5.41, 5.74) is 1.93. The molecule has 0 aliphatic heterocycles. The third-order valence-corrected chi connectivity index (χ3v) is 3.85. The molecule has 0 bridgehead atoms. The number of anilines is 1. The zero-order chi connectivity index (χ0) is 16.1. The molecule has 1 saturated carbocycles. The number of carbonyl (C=O) groups is 1. The van der Waals surface area contributed by atoms with E-state index < -0.39 is 5.54 Å². The number of urea groups is 1. The van der Waals surface area contributed by atoms with Crippen LogP contribution in [0, 0.1) is 18.8 Å². The van der Waals surface area contributed by atoms with E-state index in [0.29, 0.717) is 5.69 Å². The maximum Gasteiger partial charge on any atom is 0.320 e. The molecule has 2 amide bonds. The van der Waals surface area contributed by atoms with Gasteiger partial charge in [0.05, 0.1) is 17.4 Å². The zero-order valence-electron chi connectivity index (χ0n) is 12.8. The highest BCUT2D eigenvalue weighted by Crippen LogP contribution is 2.31. The third-order valence-electron chi connectivity index (χ3n) is 3.85. The van der Waals surface area contributed by atoms with Gasteiger partial charge in [-0.3, -0.25) is 4.98 Å².